The first kappa shape index (κ1) is 11.9. The zero-order valence-electron chi connectivity index (χ0n) is 8.56. The molecule has 1 aromatic heterocycles. The Kier molecular flexibility index (Phi) is 3.61. The van der Waals surface area contributed by atoms with Gasteiger partial charge in [-0.3, -0.25) is 4.79 Å². The van der Waals surface area contributed by atoms with Crippen LogP contribution in [0.5, 0.6) is 11.5 Å². The third-order valence-electron chi connectivity index (χ3n) is 2.00. The number of pyridine rings is 1. The molecular formula is C12H7Cl2NO2. The maximum atomic E-state index is 11.0. The van der Waals surface area contributed by atoms with E-state index in [1.165, 1.54) is 6.20 Å². The largest absolute Gasteiger partial charge is 0.456 e. The summed E-state index contributed by atoms with van der Waals surface area (Å²) in [5.41, 5.74) is 0.381. The van der Waals surface area contributed by atoms with Crippen LogP contribution >= 0.6 is 23.2 Å². The third kappa shape index (κ3) is 3.19. The van der Waals surface area contributed by atoms with Gasteiger partial charge in [0.25, 0.3) is 5.24 Å². The number of benzene rings is 1. The summed E-state index contributed by atoms with van der Waals surface area (Å²) in [5.74, 6) is 1.05. The van der Waals surface area contributed by atoms with Gasteiger partial charge < -0.3 is 4.74 Å². The van der Waals surface area contributed by atoms with Crippen molar-refractivity contribution in [2.24, 2.45) is 0 Å². The highest BCUT2D eigenvalue weighted by atomic mass is 35.5. The van der Waals surface area contributed by atoms with E-state index in [2.05, 4.69) is 4.98 Å². The maximum absolute atomic E-state index is 11.0. The number of carbonyl (C=O) groups excluding carboxylic acids is 1. The first-order chi connectivity index (χ1) is 8.15. The number of nitrogens with zero attached hydrogens (tertiary/aromatic N) is 1. The lowest BCUT2D eigenvalue weighted by Crippen LogP contribution is -1.90. The van der Waals surface area contributed by atoms with Crippen molar-refractivity contribution in [3.05, 3.63) is 53.3 Å². The molecule has 0 N–H and O–H groups in total. The molecule has 0 radical (unpaired) electrons. The van der Waals surface area contributed by atoms with Crippen LogP contribution in [-0.2, 0) is 0 Å². The van der Waals surface area contributed by atoms with E-state index < -0.39 is 5.24 Å². The predicted octanol–water partition coefficient (Wildman–Crippen LogP) is 3.91. The van der Waals surface area contributed by atoms with Gasteiger partial charge in [0.2, 0.25) is 0 Å². The van der Waals surface area contributed by atoms with Crippen LogP contribution in [0.4, 0.5) is 0 Å². The minimum absolute atomic E-state index is 0.381. The maximum Gasteiger partial charge on any atom is 0.252 e. The minimum atomic E-state index is -0.523. The normalized spacial score (nSPS) is 10.0. The fraction of sp³-hybridized carbons (Fsp3) is 0. The molecule has 0 unspecified atom stereocenters. The topological polar surface area (TPSA) is 39.2 Å². The second-order valence-corrected chi connectivity index (χ2v) is 3.95. The molecule has 86 valence electrons. The summed E-state index contributed by atoms with van der Waals surface area (Å²) in [6.45, 7) is 0. The van der Waals surface area contributed by atoms with Crippen LogP contribution in [0, 0.1) is 0 Å². The highest BCUT2D eigenvalue weighted by Gasteiger charge is 2.04. The molecule has 0 spiro atoms. The Morgan fingerprint density at radius 1 is 1.18 bits per heavy atom. The monoisotopic (exact) mass is 267 g/mol. The summed E-state index contributed by atoms with van der Waals surface area (Å²) in [5, 5.41) is -0.133. The molecule has 0 atom stereocenters. The van der Waals surface area contributed by atoms with Crippen LogP contribution in [-0.4, -0.2) is 10.2 Å². The summed E-state index contributed by atoms with van der Waals surface area (Å²) in [6.07, 6.45) is 1.50. The number of ether oxygens (including phenoxy) is 1. The number of carbonyl (C=O) groups is 1. The van der Waals surface area contributed by atoms with Crippen LogP contribution < -0.4 is 4.74 Å². The second kappa shape index (κ2) is 5.17. The quantitative estimate of drug-likeness (QED) is 0.625. The number of hydrogen-bond donors (Lipinski definition) is 0. The van der Waals surface area contributed by atoms with Gasteiger partial charge in [-0.15, -0.1) is 0 Å². The van der Waals surface area contributed by atoms with Gasteiger partial charge in [0.05, 0.1) is 6.20 Å². The van der Waals surface area contributed by atoms with E-state index >= 15 is 0 Å². The molecule has 0 aliphatic rings. The van der Waals surface area contributed by atoms with Crippen molar-refractivity contribution >= 4 is 28.4 Å². The van der Waals surface area contributed by atoms with Crippen molar-refractivity contribution in [3.63, 3.8) is 0 Å². The van der Waals surface area contributed by atoms with Crippen molar-refractivity contribution in [1.82, 2.24) is 4.98 Å². The average Bonchev–Trinajstić information content (AvgIpc) is 2.32. The summed E-state index contributed by atoms with van der Waals surface area (Å²) < 4.78 is 5.49. The van der Waals surface area contributed by atoms with Gasteiger partial charge in [0.15, 0.2) is 0 Å². The van der Waals surface area contributed by atoms with Crippen molar-refractivity contribution in [2.75, 3.05) is 0 Å². The summed E-state index contributed by atoms with van der Waals surface area (Å²) in [6, 6.07) is 9.89. The average molecular weight is 268 g/mol. The molecule has 0 bridgehead atoms. The SMILES string of the molecule is O=C(Cl)c1cccc(Oc2ccc(Cl)nc2)c1. The van der Waals surface area contributed by atoms with E-state index in [0.717, 1.165) is 0 Å². The highest BCUT2D eigenvalue weighted by Crippen LogP contribution is 2.22. The van der Waals surface area contributed by atoms with E-state index in [0.29, 0.717) is 22.2 Å². The number of hydrogen-bond acceptors (Lipinski definition) is 3. The lowest BCUT2D eigenvalue weighted by molar-refractivity contribution is 0.108. The van der Waals surface area contributed by atoms with E-state index in [1.807, 2.05) is 0 Å². The number of rotatable bonds is 3. The van der Waals surface area contributed by atoms with Gasteiger partial charge >= 0.3 is 0 Å². The fourth-order valence-electron chi connectivity index (χ4n) is 1.24. The molecule has 17 heavy (non-hydrogen) atoms. The zero-order chi connectivity index (χ0) is 12.3. The second-order valence-electron chi connectivity index (χ2n) is 3.22. The van der Waals surface area contributed by atoms with Crippen LogP contribution in [0.1, 0.15) is 10.4 Å². The van der Waals surface area contributed by atoms with E-state index in [4.69, 9.17) is 27.9 Å². The first-order valence-corrected chi connectivity index (χ1v) is 5.50. The first-order valence-electron chi connectivity index (χ1n) is 4.74. The molecule has 0 fully saturated rings. The van der Waals surface area contributed by atoms with Crippen molar-refractivity contribution in [2.45, 2.75) is 0 Å². The Morgan fingerprint density at radius 3 is 2.65 bits per heavy atom. The van der Waals surface area contributed by atoms with Crippen LogP contribution in [0.2, 0.25) is 5.15 Å². The molecule has 1 aromatic carbocycles. The molecule has 2 rings (SSSR count). The molecule has 0 aliphatic heterocycles. The van der Waals surface area contributed by atoms with Gasteiger partial charge in [0.1, 0.15) is 16.7 Å². The van der Waals surface area contributed by atoms with Crippen molar-refractivity contribution in [3.8, 4) is 11.5 Å². The molecular weight excluding hydrogens is 261 g/mol. The fourth-order valence-corrected chi connectivity index (χ4v) is 1.47. The lowest BCUT2D eigenvalue weighted by Gasteiger charge is -2.05. The van der Waals surface area contributed by atoms with Gasteiger partial charge in [-0.25, -0.2) is 4.98 Å². The molecule has 0 saturated heterocycles. The Hall–Kier alpha value is -1.58. The smallest absolute Gasteiger partial charge is 0.252 e. The molecule has 3 nitrogen and oxygen atoms in total. The number of aromatic nitrogens is 1. The van der Waals surface area contributed by atoms with Gasteiger partial charge in [-0.2, -0.15) is 0 Å². The van der Waals surface area contributed by atoms with Crippen molar-refractivity contribution in [1.29, 1.82) is 0 Å². The van der Waals surface area contributed by atoms with E-state index in [9.17, 15) is 4.79 Å². The Morgan fingerprint density at radius 2 is 2.00 bits per heavy atom. The Bertz CT molecular complexity index is 540. The predicted molar refractivity (Wildman–Crippen MR) is 65.9 cm³/mol. The molecule has 0 aliphatic carbocycles. The van der Waals surface area contributed by atoms with Crippen LogP contribution in [0.15, 0.2) is 42.6 Å². The van der Waals surface area contributed by atoms with Crippen LogP contribution in [0.3, 0.4) is 0 Å². The molecule has 0 amide bonds. The Balaban J connectivity index is 2.21. The van der Waals surface area contributed by atoms with Gasteiger partial charge in [0, 0.05) is 5.56 Å². The minimum Gasteiger partial charge on any atom is -0.456 e. The summed E-state index contributed by atoms with van der Waals surface area (Å²) in [4.78, 5) is 14.9. The van der Waals surface area contributed by atoms with Crippen LogP contribution in [0.25, 0.3) is 0 Å². The molecule has 2 aromatic rings. The summed E-state index contributed by atoms with van der Waals surface area (Å²) >= 11 is 11.0. The summed E-state index contributed by atoms with van der Waals surface area (Å²) in [7, 11) is 0. The van der Waals surface area contributed by atoms with E-state index in [-0.39, 0.29) is 0 Å². The van der Waals surface area contributed by atoms with Gasteiger partial charge in [-0.1, -0.05) is 17.7 Å². The highest BCUT2D eigenvalue weighted by molar-refractivity contribution is 6.67. The molecule has 5 heteroatoms. The zero-order valence-corrected chi connectivity index (χ0v) is 10.1. The lowest BCUT2D eigenvalue weighted by atomic mass is 10.2. The third-order valence-corrected chi connectivity index (χ3v) is 2.44. The molecule has 1 heterocycles. The molecule has 0 saturated carbocycles. The van der Waals surface area contributed by atoms with E-state index in [1.54, 1.807) is 36.4 Å². The Labute approximate surface area is 108 Å². The standard InChI is InChI=1S/C12H7Cl2NO2/c13-11-5-4-10(7-15-11)17-9-3-1-2-8(6-9)12(14)16/h1-7H. The number of halogens is 2. The van der Waals surface area contributed by atoms with Gasteiger partial charge in [-0.05, 0) is 41.9 Å². The van der Waals surface area contributed by atoms with Crippen molar-refractivity contribution < 1.29 is 9.53 Å².